The lowest BCUT2D eigenvalue weighted by atomic mass is 9.81. The van der Waals surface area contributed by atoms with Crippen molar-refractivity contribution in [2.24, 2.45) is 0 Å². The Balaban J connectivity index is 2.94. The van der Waals surface area contributed by atoms with Crippen molar-refractivity contribution in [1.82, 2.24) is 4.98 Å². The van der Waals surface area contributed by atoms with Gasteiger partial charge in [0.05, 0.1) is 0 Å². The maximum absolute atomic E-state index is 12.1. The molecule has 0 radical (unpaired) electrons. The Kier molecular flexibility index (Phi) is 2.75. The van der Waals surface area contributed by atoms with Crippen LogP contribution in [0, 0.1) is 0 Å². The minimum absolute atomic E-state index is 0.185. The van der Waals surface area contributed by atoms with Crippen LogP contribution in [0.2, 0.25) is 0 Å². The lowest BCUT2D eigenvalue weighted by molar-refractivity contribution is 0.468. The van der Waals surface area contributed by atoms with Crippen LogP contribution in [0.15, 0.2) is 25.0 Å². The Morgan fingerprint density at radius 2 is 2.15 bits per heavy atom. The van der Waals surface area contributed by atoms with Gasteiger partial charge in [0.1, 0.15) is 0 Å². The largest absolute Gasteiger partial charge is 0.482 e. The summed E-state index contributed by atoms with van der Waals surface area (Å²) in [6.07, 6.45) is 3.18. The predicted molar refractivity (Wildman–Crippen MR) is 47.1 cm³/mol. The third-order valence-corrected chi connectivity index (χ3v) is 1.61. The van der Waals surface area contributed by atoms with Gasteiger partial charge in [-0.2, -0.15) is 0 Å². The van der Waals surface area contributed by atoms with Crippen LogP contribution in [0.4, 0.5) is 12.9 Å². The fourth-order valence-electron chi connectivity index (χ4n) is 1.06. The van der Waals surface area contributed by atoms with Crippen molar-refractivity contribution in [2.75, 3.05) is 0 Å². The highest BCUT2D eigenvalue weighted by atomic mass is 19.4. The van der Waals surface area contributed by atoms with E-state index < -0.39 is 13.3 Å². The molecule has 1 rings (SSSR count). The molecule has 0 bridgehead atoms. The maximum Gasteiger partial charge on any atom is 0.482 e. The lowest BCUT2D eigenvalue weighted by Gasteiger charge is -2.14. The van der Waals surface area contributed by atoms with E-state index >= 15 is 0 Å². The van der Waals surface area contributed by atoms with Crippen molar-refractivity contribution in [1.29, 1.82) is 0 Å². The normalized spacial score (nSPS) is 11.3. The molecular formula is C8H8BF3N-. The summed E-state index contributed by atoms with van der Waals surface area (Å²) in [5.41, 5.74) is 0.680. The first-order valence-corrected chi connectivity index (χ1v) is 3.79. The van der Waals surface area contributed by atoms with Gasteiger partial charge in [-0.15, -0.1) is 0 Å². The van der Waals surface area contributed by atoms with E-state index in [1.165, 1.54) is 24.5 Å². The first-order valence-electron chi connectivity index (χ1n) is 3.79. The van der Waals surface area contributed by atoms with Gasteiger partial charge < -0.3 is 12.9 Å². The second-order valence-electron chi connectivity index (χ2n) is 2.69. The zero-order valence-corrected chi connectivity index (χ0v) is 6.88. The molecule has 1 heterocycles. The Morgan fingerprint density at radius 3 is 2.69 bits per heavy atom. The minimum atomic E-state index is -4.80. The SMILES string of the molecule is C=Cc1ccncc1C[B-](F)(F)F. The van der Waals surface area contributed by atoms with Crippen LogP contribution >= 0.6 is 0 Å². The number of pyridine rings is 1. The molecule has 13 heavy (non-hydrogen) atoms. The second-order valence-corrected chi connectivity index (χ2v) is 2.69. The Hall–Kier alpha value is -1.26. The van der Waals surface area contributed by atoms with E-state index in [2.05, 4.69) is 11.6 Å². The zero-order valence-electron chi connectivity index (χ0n) is 6.88. The minimum Gasteiger partial charge on any atom is -0.449 e. The molecule has 70 valence electrons. The van der Waals surface area contributed by atoms with Crippen molar-refractivity contribution in [2.45, 2.75) is 6.32 Å². The first kappa shape index (κ1) is 9.83. The third kappa shape index (κ3) is 2.93. The average Bonchev–Trinajstić information content (AvgIpc) is 2.02. The lowest BCUT2D eigenvalue weighted by Crippen LogP contribution is -2.20. The molecule has 0 saturated heterocycles. The standard InChI is InChI=1S/C8H8BF3N/c1-2-7-3-4-13-6-8(7)5-9(10,11)12/h2-4,6H,1,5H2/q-1. The van der Waals surface area contributed by atoms with E-state index in [0.717, 1.165) is 0 Å². The van der Waals surface area contributed by atoms with Crippen LogP contribution in [-0.2, 0) is 6.32 Å². The fourth-order valence-corrected chi connectivity index (χ4v) is 1.06. The van der Waals surface area contributed by atoms with Gasteiger partial charge in [0.25, 0.3) is 0 Å². The molecule has 0 fully saturated rings. The van der Waals surface area contributed by atoms with Crippen molar-refractivity contribution in [3.8, 4) is 0 Å². The topological polar surface area (TPSA) is 12.9 Å². The van der Waals surface area contributed by atoms with Gasteiger partial charge in [0.15, 0.2) is 0 Å². The summed E-state index contributed by atoms with van der Waals surface area (Å²) in [7, 11) is 0. The molecule has 0 unspecified atom stereocenters. The summed E-state index contributed by atoms with van der Waals surface area (Å²) in [5.74, 6) is 0. The van der Waals surface area contributed by atoms with Crippen molar-refractivity contribution in [3.63, 3.8) is 0 Å². The molecule has 0 N–H and O–H groups in total. The van der Waals surface area contributed by atoms with Gasteiger partial charge in [-0.05, 0) is 17.2 Å². The molecule has 0 aliphatic rings. The van der Waals surface area contributed by atoms with Crippen molar-refractivity contribution in [3.05, 3.63) is 36.2 Å². The highest BCUT2D eigenvalue weighted by Gasteiger charge is 2.24. The van der Waals surface area contributed by atoms with Crippen LogP contribution in [0.25, 0.3) is 6.08 Å². The summed E-state index contributed by atoms with van der Waals surface area (Å²) < 4.78 is 36.2. The van der Waals surface area contributed by atoms with Crippen LogP contribution in [-0.4, -0.2) is 12.0 Å². The summed E-state index contributed by atoms with van der Waals surface area (Å²) in [4.78, 5) is 3.64. The van der Waals surface area contributed by atoms with Crippen LogP contribution < -0.4 is 0 Å². The number of rotatable bonds is 3. The molecule has 1 aromatic rings. The number of hydrogen-bond acceptors (Lipinski definition) is 1. The molecule has 1 nitrogen and oxygen atoms in total. The predicted octanol–water partition coefficient (Wildman–Crippen LogP) is 2.65. The highest BCUT2D eigenvalue weighted by molar-refractivity contribution is 6.57. The molecule has 0 amide bonds. The molecule has 0 spiro atoms. The quantitative estimate of drug-likeness (QED) is 0.661. The molecule has 0 aliphatic heterocycles. The van der Waals surface area contributed by atoms with E-state index in [0.29, 0.717) is 5.56 Å². The number of aromatic nitrogens is 1. The van der Waals surface area contributed by atoms with E-state index in [-0.39, 0.29) is 5.56 Å². The Morgan fingerprint density at radius 1 is 1.46 bits per heavy atom. The zero-order chi connectivity index (χ0) is 9.90. The van der Waals surface area contributed by atoms with E-state index in [1.807, 2.05) is 0 Å². The average molecular weight is 186 g/mol. The number of halogens is 3. The van der Waals surface area contributed by atoms with Crippen molar-refractivity contribution >= 4 is 13.1 Å². The molecule has 0 atom stereocenters. The molecule has 0 aromatic carbocycles. The number of hydrogen-bond donors (Lipinski definition) is 0. The highest BCUT2D eigenvalue weighted by Crippen LogP contribution is 2.18. The first-order chi connectivity index (χ1) is 6.03. The van der Waals surface area contributed by atoms with Gasteiger partial charge in [-0.25, -0.2) is 0 Å². The van der Waals surface area contributed by atoms with Crippen LogP contribution in [0.1, 0.15) is 11.1 Å². The van der Waals surface area contributed by atoms with E-state index in [9.17, 15) is 12.9 Å². The van der Waals surface area contributed by atoms with Gasteiger partial charge in [-0.1, -0.05) is 19.0 Å². The fraction of sp³-hybridized carbons (Fsp3) is 0.125. The van der Waals surface area contributed by atoms with Gasteiger partial charge in [-0.3, -0.25) is 4.98 Å². The Labute approximate surface area is 74.4 Å². The van der Waals surface area contributed by atoms with Gasteiger partial charge in [0, 0.05) is 12.4 Å². The smallest absolute Gasteiger partial charge is 0.449 e. The Bertz CT molecular complexity index is 309. The van der Waals surface area contributed by atoms with E-state index in [4.69, 9.17) is 0 Å². The van der Waals surface area contributed by atoms with Crippen LogP contribution in [0.3, 0.4) is 0 Å². The van der Waals surface area contributed by atoms with E-state index in [1.54, 1.807) is 0 Å². The summed E-state index contributed by atoms with van der Waals surface area (Å²) >= 11 is 0. The number of nitrogens with zero attached hydrogens (tertiary/aromatic N) is 1. The summed E-state index contributed by atoms with van der Waals surface area (Å²) in [6, 6.07) is 1.52. The monoisotopic (exact) mass is 186 g/mol. The van der Waals surface area contributed by atoms with Crippen molar-refractivity contribution < 1.29 is 12.9 Å². The molecule has 0 saturated carbocycles. The van der Waals surface area contributed by atoms with Crippen LogP contribution in [0.5, 0.6) is 0 Å². The maximum atomic E-state index is 12.1. The molecule has 5 heteroatoms. The van der Waals surface area contributed by atoms with Gasteiger partial charge >= 0.3 is 6.98 Å². The molecule has 0 aliphatic carbocycles. The summed E-state index contributed by atoms with van der Waals surface area (Å²) in [5, 5.41) is 0. The third-order valence-electron chi connectivity index (χ3n) is 1.61. The molecular weight excluding hydrogens is 178 g/mol. The second kappa shape index (κ2) is 3.64. The van der Waals surface area contributed by atoms with Gasteiger partial charge in [0.2, 0.25) is 0 Å². The summed E-state index contributed by atoms with van der Waals surface area (Å²) in [6.45, 7) is -1.36. The molecule has 1 aromatic heterocycles.